The summed E-state index contributed by atoms with van der Waals surface area (Å²) in [4.78, 5) is 2.55. The van der Waals surface area contributed by atoms with E-state index in [1.807, 2.05) is 0 Å². The standard InChI is InChI=1S/C14H30N2O/c1-3-5-8-16(9-6-4-2)11-14(15)13-7-10-17-12-13/h13-14H,3-12,15H2,1-2H3. The molecule has 0 saturated carbocycles. The fourth-order valence-electron chi connectivity index (χ4n) is 2.40. The Morgan fingerprint density at radius 2 is 1.88 bits per heavy atom. The highest BCUT2D eigenvalue weighted by atomic mass is 16.5. The SMILES string of the molecule is CCCCN(CCCC)CC(N)C1CCOC1. The van der Waals surface area contributed by atoms with Crippen LogP contribution >= 0.6 is 0 Å². The molecule has 3 nitrogen and oxygen atoms in total. The number of nitrogens with two attached hydrogens (primary N) is 1. The van der Waals surface area contributed by atoms with Gasteiger partial charge in [0.05, 0.1) is 6.61 Å². The molecular weight excluding hydrogens is 212 g/mol. The fourth-order valence-corrected chi connectivity index (χ4v) is 2.40. The maximum Gasteiger partial charge on any atom is 0.0510 e. The second-order valence-electron chi connectivity index (χ2n) is 5.30. The maximum atomic E-state index is 6.30. The van der Waals surface area contributed by atoms with Crippen molar-refractivity contribution in [2.75, 3.05) is 32.8 Å². The summed E-state index contributed by atoms with van der Waals surface area (Å²) in [6.07, 6.45) is 6.26. The number of rotatable bonds is 9. The Kier molecular flexibility index (Phi) is 7.82. The summed E-state index contributed by atoms with van der Waals surface area (Å²) >= 11 is 0. The van der Waals surface area contributed by atoms with Crippen LogP contribution in [-0.2, 0) is 4.74 Å². The van der Waals surface area contributed by atoms with Crippen LogP contribution in [0, 0.1) is 5.92 Å². The lowest BCUT2D eigenvalue weighted by atomic mass is 9.99. The maximum absolute atomic E-state index is 6.30. The van der Waals surface area contributed by atoms with Crippen molar-refractivity contribution < 1.29 is 4.74 Å². The largest absolute Gasteiger partial charge is 0.381 e. The van der Waals surface area contributed by atoms with Crippen molar-refractivity contribution in [1.29, 1.82) is 0 Å². The van der Waals surface area contributed by atoms with Crippen LogP contribution in [-0.4, -0.2) is 43.8 Å². The predicted molar refractivity (Wildman–Crippen MR) is 73.2 cm³/mol. The van der Waals surface area contributed by atoms with E-state index in [4.69, 9.17) is 10.5 Å². The van der Waals surface area contributed by atoms with Crippen molar-refractivity contribution in [2.45, 2.75) is 52.0 Å². The molecule has 1 fully saturated rings. The second kappa shape index (κ2) is 8.90. The van der Waals surface area contributed by atoms with Crippen LogP contribution in [0.1, 0.15) is 46.0 Å². The molecule has 2 N–H and O–H groups in total. The molecule has 0 aromatic rings. The van der Waals surface area contributed by atoms with Crippen LogP contribution in [0.15, 0.2) is 0 Å². The highest BCUT2D eigenvalue weighted by Crippen LogP contribution is 2.16. The molecule has 1 saturated heterocycles. The molecule has 1 rings (SSSR count). The van der Waals surface area contributed by atoms with Crippen LogP contribution in [0.25, 0.3) is 0 Å². The van der Waals surface area contributed by atoms with Crippen LogP contribution in [0.2, 0.25) is 0 Å². The topological polar surface area (TPSA) is 38.5 Å². The van der Waals surface area contributed by atoms with Gasteiger partial charge in [0.2, 0.25) is 0 Å². The minimum absolute atomic E-state index is 0.297. The van der Waals surface area contributed by atoms with E-state index in [1.165, 1.54) is 38.8 Å². The summed E-state index contributed by atoms with van der Waals surface area (Å²) in [5.41, 5.74) is 6.30. The van der Waals surface area contributed by atoms with Crippen molar-refractivity contribution in [3.63, 3.8) is 0 Å². The molecule has 0 aliphatic carbocycles. The van der Waals surface area contributed by atoms with Gasteiger partial charge in [-0.3, -0.25) is 0 Å². The minimum atomic E-state index is 0.297. The van der Waals surface area contributed by atoms with Gasteiger partial charge in [-0.05, 0) is 32.4 Å². The smallest absolute Gasteiger partial charge is 0.0510 e. The number of unbranched alkanes of at least 4 members (excludes halogenated alkanes) is 2. The summed E-state index contributed by atoms with van der Waals surface area (Å²) in [6, 6.07) is 0.297. The molecular formula is C14H30N2O. The summed E-state index contributed by atoms with van der Waals surface area (Å²) in [6.45, 7) is 9.74. The summed E-state index contributed by atoms with van der Waals surface area (Å²) < 4.78 is 5.42. The van der Waals surface area contributed by atoms with Crippen molar-refractivity contribution >= 4 is 0 Å². The van der Waals surface area contributed by atoms with Gasteiger partial charge < -0.3 is 15.4 Å². The number of hydrogen-bond donors (Lipinski definition) is 1. The normalized spacial score (nSPS) is 22.2. The van der Waals surface area contributed by atoms with Crippen molar-refractivity contribution in [3.05, 3.63) is 0 Å². The van der Waals surface area contributed by atoms with Gasteiger partial charge in [-0.25, -0.2) is 0 Å². The van der Waals surface area contributed by atoms with E-state index in [0.29, 0.717) is 12.0 Å². The highest BCUT2D eigenvalue weighted by molar-refractivity contribution is 4.79. The van der Waals surface area contributed by atoms with E-state index in [2.05, 4.69) is 18.7 Å². The molecule has 2 atom stereocenters. The van der Waals surface area contributed by atoms with Gasteiger partial charge in [-0.1, -0.05) is 26.7 Å². The lowest BCUT2D eigenvalue weighted by Crippen LogP contribution is -2.43. The third-order valence-electron chi connectivity index (χ3n) is 3.70. The van der Waals surface area contributed by atoms with Crippen LogP contribution < -0.4 is 5.73 Å². The molecule has 0 aromatic carbocycles. The molecule has 1 aliphatic rings. The Balaban J connectivity index is 2.28. The van der Waals surface area contributed by atoms with Crippen molar-refractivity contribution in [1.82, 2.24) is 4.90 Å². The number of ether oxygens (including phenoxy) is 1. The monoisotopic (exact) mass is 242 g/mol. The zero-order valence-corrected chi connectivity index (χ0v) is 11.7. The first-order valence-electron chi connectivity index (χ1n) is 7.33. The summed E-state index contributed by atoms with van der Waals surface area (Å²) in [7, 11) is 0. The van der Waals surface area contributed by atoms with Gasteiger partial charge >= 0.3 is 0 Å². The van der Waals surface area contributed by atoms with E-state index in [-0.39, 0.29) is 0 Å². The van der Waals surface area contributed by atoms with E-state index in [9.17, 15) is 0 Å². The molecule has 0 aromatic heterocycles. The molecule has 17 heavy (non-hydrogen) atoms. The van der Waals surface area contributed by atoms with Gasteiger partial charge in [0.25, 0.3) is 0 Å². The third kappa shape index (κ3) is 5.84. The van der Waals surface area contributed by atoms with Crippen molar-refractivity contribution in [2.24, 2.45) is 11.7 Å². The van der Waals surface area contributed by atoms with Crippen LogP contribution in [0.4, 0.5) is 0 Å². The first-order valence-corrected chi connectivity index (χ1v) is 7.33. The van der Waals surface area contributed by atoms with Gasteiger partial charge in [0.1, 0.15) is 0 Å². The molecule has 0 radical (unpaired) electrons. The van der Waals surface area contributed by atoms with Gasteiger partial charge in [0, 0.05) is 25.1 Å². The first-order chi connectivity index (χ1) is 8.27. The molecule has 3 heteroatoms. The van der Waals surface area contributed by atoms with Gasteiger partial charge in [-0.15, -0.1) is 0 Å². The fraction of sp³-hybridized carbons (Fsp3) is 1.00. The van der Waals surface area contributed by atoms with Crippen LogP contribution in [0.3, 0.4) is 0 Å². The quantitative estimate of drug-likeness (QED) is 0.674. The minimum Gasteiger partial charge on any atom is -0.381 e. The molecule has 2 unspecified atom stereocenters. The molecule has 0 amide bonds. The van der Waals surface area contributed by atoms with Gasteiger partial charge in [0.15, 0.2) is 0 Å². The van der Waals surface area contributed by atoms with E-state index < -0.39 is 0 Å². The zero-order valence-electron chi connectivity index (χ0n) is 11.7. The molecule has 1 heterocycles. The Hall–Kier alpha value is -0.120. The molecule has 102 valence electrons. The molecule has 0 bridgehead atoms. The Morgan fingerprint density at radius 3 is 2.35 bits per heavy atom. The first kappa shape index (κ1) is 14.9. The lowest BCUT2D eigenvalue weighted by Gasteiger charge is -2.28. The molecule has 1 aliphatic heterocycles. The summed E-state index contributed by atoms with van der Waals surface area (Å²) in [5, 5.41) is 0. The van der Waals surface area contributed by atoms with E-state index in [0.717, 1.165) is 26.2 Å². The predicted octanol–water partition coefficient (Wildman–Crippen LogP) is 2.25. The average Bonchev–Trinajstić information content (AvgIpc) is 2.86. The van der Waals surface area contributed by atoms with Gasteiger partial charge in [-0.2, -0.15) is 0 Å². The van der Waals surface area contributed by atoms with Crippen molar-refractivity contribution in [3.8, 4) is 0 Å². The van der Waals surface area contributed by atoms with E-state index >= 15 is 0 Å². The lowest BCUT2D eigenvalue weighted by molar-refractivity contribution is 0.169. The third-order valence-corrected chi connectivity index (χ3v) is 3.70. The Bertz CT molecular complexity index is 173. The second-order valence-corrected chi connectivity index (χ2v) is 5.30. The van der Waals surface area contributed by atoms with Crippen LogP contribution in [0.5, 0.6) is 0 Å². The summed E-state index contributed by atoms with van der Waals surface area (Å²) in [5.74, 6) is 0.584. The van der Waals surface area contributed by atoms with E-state index in [1.54, 1.807) is 0 Å². The zero-order chi connectivity index (χ0) is 12.5. The Morgan fingerprint density at radius 1 is 1.24 bits per heavy atom. The highest BCUT2D eigenvalue weighted by Gasteiger charge is 2.24. The number of nitrogens with zero attached hydrogens (tertiary/aromatic N) is 1. The Labute approximate surface area is 107 Å². The average molecular weight is 242 g/mol. The molecule has 0 spiro atoms. The number of hydrogen-bond acceptors (Lipinski definition) is 3.